The van der Waals surface area contributed by atoms with Crippen molar-refractivity contribution in [1.82, 2.24) is 0 Å². The van der Waals surface area contributed by atoms with Gasteiger partial charge in [-0.1, -0.05) is 13.3 Å². The minimum Gasteiger partial charge on any atom is -0.496 e. The number of ether oxygens (including phenoxy) is 2. The molecule has 2 heterocycles. The molecule has 0 amide bonds. The van der Waals surface area contributed by atoms with Crippen LogP contribution in [-0.4, -0.2) is 24.3 Å². The lowest BCUT2D eigenvalue weighted by atomic mass is 9.89. The molecule has 2 atom stereocenters. The number of cyclic esters (lactones) is 1. The summed E-state index contributed by atoms with van der Waals surface area (Å²) in [7, 11) is 1.44. The zero-order valence-electron chi connectivity index (χ0n) is 11.5. The molecule has 1 saturated heterocycles. The molecule has 2 rings (SSSR count). The Morgan fingerprint density at radius 1 is 1.45 bits per heavy atom. The lowest BCUT2D eigenvalue weighted by molar-refractivity contribution is -0.155. The third kappa shape index (κ3) is 2.70. The van der Waals surface area contributed by atoms with E-state index in [1.165, 1.54) is 19.2 Å². The van der Waals surface area contributed by atoms with Crippen LogP contribution in [0.3, 0.4) is 0 Å². The molecular weight excluding hydrogens is 264 g/mol. The fraction of sp³-hybridized carbons (Fsp3) is 0.571. The molecule has 6 heteroatoms. The predicted octanol–water partition coefficient (Wildman–Crippen LogP) is 1.34. The molecule has 2 unspecified atom stereocenters. The molecule has 20 heavy (non-hydrogen) atoms. The van der Waals surface area contributed by atoms with Gasteiger partial charge >= 0.3 is 11.6 Å². The number of carbonyl (C=O) groups excluding carboxylic acids is 1. The van der Waals surface area contributed by atoms with Crippen molar-refractivity contribution in [3.63, 3.8) is 0 Å². The summed E-state index contributed by atoms with van der Waals surface area (Å²) in [6.07, 6.45) is 1.05. The SMILES string of the molecule is CCCCC1(c2cc(OC)cc(=O)o2)CC(O)C(=O)O1. The lowest BCUT2D eigenvalue weighted by Gasteiger charge is -2.26. The summed E-state index contributed by atoms with van der Waals surface area (Å²) in [6, 6.07) is 2.74. The molecule has 0 aromatic carbocycles. The molecule has 0 aliphatic carbocycles. The minimum atomic E-state index is -1.19. The minimum absolute atomic E-state index is 0.0853. The summed E-state index contributed by atoms with van der Waals surface area (Å²) in [6.45, 7) is 2.00. The summed E-state index contributed by atoms with van der Waals surface area (Å²) in [4.78, 5) is 23.1. The monoisotopic (exact) mass is 282 g/mol. The largest absolute Gasteiger partial charge is 0.496 e. The van der Waals surface area contributed by atoms with E-state index in [4.69, 9.17) is 13.9 Å². The Morgan fingerprint density at radius 2 is 2.20 bits per heavy atom. The van der Waals surface area contributed by atoms with Crippen LogP contribution in [0.4, 0.5) is 0 Å². The topological polar surface area (TPSA) is 86.0 Å². The highest BCUT2D eigenvalue weighted by Gasteiger charge is 2.49. The van der Waals surface area contributed by atoms with Gasteiger partial charge in [-0.25, -0.2) is 9.59 Å². The first-order chi connectivity index (χ1) is 9.50. The van der Waals surface area contributed by atoms with E-state index in [0.717, 1.165) is 12.8 Å². The third-order valence-electron chi connectivity index (χ3n) is 3.45. The van der Waals surface area contributed by atoms with E-state index in [9.17, 15) is 14.7 Å². The van der Waals surface area contributed by atoms with E-state index < -0.39 is 23.3 Å². The molecule has 1 fully saturated rings. The van der Waals surface area contributed by atoms with Crippen LogP contribution in [0.25, 0.3) is 0 Å². The van der Waals surface area contributed by atoms with E-state index in [1.54, 1.807) is 0 Å². The standard InChI is InChI=1S/C14H18O6/c1-3-4-5-14(8-10(15)13(17)20-14)11-6-9(18-2)7-12(16)19-11/h6-7,10,15H,3-5,8H2,1-2H3. The van der Waals surface area contributed by atoms with Gasteiger partial charge in [-0.05, 0) is 12.8 Å². The van der Waals surface area contributed by atoms with Crippen molar-refractivity contribution in [2.45, 2.75) is 44.3 Å². The molecular formula is C14H18O6. The number of esters is 1. The van der Waals surface area contributed by atoms with Crippen LogP contribution in [-0.2, 0) is 15.1 Å². The van der Waals surface area contributed by atoms with Gasteiger partial charge in [-0.3, -0.25) is 0 Å². The summed E-state index contributed by atoms with van der Waals surface area (Å²) in [5.41, 5.74) is -1.66. The summed E-state index contributed by atoms with van der Waals surface area (Å²) in [5, 5.41) is 9.66. The lowest BCUT2D eigenvalue weighted by Crippen LogP contribution is -2.27. The van der Waals surface area contributed by atoms with E-state index in [1.807, 2.05) is 6.92 Å². The summed E-state index contributed by atoms with van der Waals surface area (Å²) in [5.74, 6) is -0.128. The average Bonchev–Trinajstić information content (AvgIpc) is 2.72. The molecule has 1 aromatic rings. The Balaban J connectivity index is 2.44. The molecule has 0 spiro atoms. The second kappa shape index (κ2) is 5.66. The number of rotatable bonds is 5. The molecule has 0 bridgehead atoms. The first-order valence-corrected chi connectivity index (χ1v) is 6.61. The number of aliphatic hydroxyl groups excluding tert-OH is 1. The number of carbonyl (C=O) groups is 1. The number of hydrogen-bond donors (Lipinski definition) is 1. The van der Waals surface area contributed by atoms with Crippen molar-refractivity contribution in [2.75, 3.05) is 7.11 Å². The van der Waals surface area contributed by atoms with E-state index in [2.05, 4.69) is 0 Å². The number of unbranched alkanes of at least 4 members (excludes halogenated alkanes) is 1. The Hall–Kier alpha value is -1.82. The van der Waals surface area contributed by atoms with Crippen molar-refractivity contribution in [2.24, 2.45) is 0 Å². The van der Waals surface area contributed by atoms with Crippen LogP contribution in [0.2, 0.25) is 0 Å². The van der Waals surface area contributed by atoms with Gasteiger partial charge in [-0.15, -0.1) is 0 Å². The first-order valence-electron chi connectivity index (χ1n) is 6.61. The van der Waals surface area contributed by atoms with Crippen LogP contribution in [0.15, 0.2) is 21.3 Å². The highest BCUT2D eigenvalue weighted by molar-refractivity contribution is 5.77. The van der Waals surface area contributed by atoms with Gasteiger partial charge in [0.1, 0.15) is 5.75 Å². The van der Waals surface area contributed by atoms with Gasteiger partial charge in [0.05, 0.1) is 13.2 Å². The maximum absolute atomic E-state index is 11.6. The molecule has 1 aromatic heterocycles. The fourth-order valence-electron chi connectivity index (χ4n) is 2.38. The fourth-order valence-corrected chi connectivity index (χ4v) is 2.38. The van der Waals surface area contributed by atoms with Gasteiger partial charge in [0.2, 0.25) is 0 Å². The number of hydrogen-bond acceptors (Lipinski definition) is 6. The van der Waals surface area contributed by atoms with E-state index >= 15 is 0 Å². The van der Waals surface area contributed by atoms with Crippen molar-refractivity contribution in [3.8, 4) is 5.75 Å². The van der Waals surface area contributed by atoms with E-state index in [0.29, 0.717) is 12.2 Å². The average molecular weight is 282 g/mol. The van der Waals surface area contributed by atoms with Gasteiger partial charge in [-0.2, -0.15) is 0 Å². The van der Waals surface area contributed by atoms with Crippen LogP contribution in [0, 0.1) is 0 Å². The molecule has 0 saturated carbocycles. The van der Waals surface area contributed by atoms with Crippen LogP contribution in [0.1, 0.15) is 38.4 Å². The molecule has 1 N–H and O–H groups in total. The maximum Gasteiger partial charge on any atom is 0.339 e. The molecule has 6 nitrogen and oxygen atoms in total. The quantitative estimate of drug-likeness (QED) is 0.820. The first kappa shape index (κ1) is 14.6. The predicted molar refractivity (Wildman–Crippen MR) is 69.4 cm³/mol. The molecule has 0 radical (unpaired) electrons. The molecule has 1 aliphatic rings. The Labute approximate surface area is 116 Å². The van der Waals surface area contributed by atoms with Crippen LogP contribution >= 0.6 is 0 Å². The van der Waals surface area contributed by atoms with Crippen molar-refractivity contribution >= 4 is 5.97 Å². The smallest absolute Gasteiger partial charge is 0.339 e. The second-order valence-corrected chi connectivity index (χ2v) is 4.92. The Morgan fingerprint density at radius 3 is 2.75 bits per heavy atom. The molecule has 110 valence electrons. The van der Waals surface area contributed by atoms with Gasteiger partial charge < -0.3 is 19.0 Å². The van der Waals surface area contributed by atoms with Crippen molar-refractivity contribution < 1.29 is 23.8 Å². The molecule has 1 aliphatic heterocycles. The Kier molecular flexibility index (Phi) is 4.13. The summed E-state index contributed by atoms with van der Waals surface area (Å²) < 4.78 is 15.5. The van der Waals surface area contributed by atoms with Gasteiger partial charge in [0, 0.05) is 12.5 Å². The Bertz CT molecular complexity index is 549. The van der Waals surface area contributed by atoms with Crippen LogP contribution in [0.5, 0.6) is 5.75 Å². The van der Waals surface area contributed by atoms with E-state index in [-0.39, 0.29) is 12.2 Å². The normalized spacial score (nSPS) is 25.6. The van der Waals surface area contributed by atoms with Crippen LogP contribution < -0.4 is 10.4 Å². The number of methoxy groups -OCH3 is 1. The highest BCUT2D eigenvalue weighted by Crippen LogP contribution is 2.41. The zero-order chi connectivity index (χ0) is 14.8. The van der Waals surface area contributed by atoms with Gasteiger partial charge in [0.25, 0.3) is 0 Å². The maximum atomic E-state index is 11.6. The zero-order valence-corrected chi connectivity index (χ0v) is 11.5. The van der Waals surface area contributed by atoms with Gasteiger partial charge in [0.15, 0.2) is 17.5 Å². The van der Waals surface area contributed by atoms with Crippen molar-refractivity contribution in [1.29, 1.82) is 0 Å². The highest BCUT2D eigenvalue weighted by atomic mass is 16.6. The number of aliphatic hydroxyl groups is 1. The second-order valence-electron chi connectivity index (χ2n) is 4.92. The third-order valence-corrected chi connectivity index (χ3v) is 3.45. The van der Waals surface area contributed by atoms with Crippen molar-refractivity contribution in [3.05, 3.63) is 28.3 Å². The summed E-state index contributed by atoms with van der Waals surface area (Å²) >= 11 is 0.